The van der Waals surface area contributed by atoms with Crippen LogP contribution in [-0.4, -0.2) is 231 Å². The van der Waals surface area contributed by atoms with Gasteiger partial charge in [-0.05, 0) is 217 Å². The number of rotatable bonds is 13. The first-order valence-electron chi connectivity index (χ1n) is 45.2. The van der Waals surface area contributed by atoms with Crippen molar-refractivity contribution in [2.45, 2.75) is 233 Å². The molecule has 12 heterocycles. The number of aromatic nitrogens is 12. The number of benzene rings is 2. The van der Waals surface area contributed by atoms with E-state index < -0.39 is 79.5 Å². The predicted octanol–water partition coefficient (Wildman–Crippen LogP) is 14.7. The van der Waals surface area contributed by atoms with Crippen molar-refractivity contribution < 1.29 is 135 Å². The van der Waals surface area contributed by atoms with Crippen LogP contribution in [0.5, 0.6) is 0 Å². The molecule has 3 radical (unpaired) electrons. The van der Waals surface area contributed by atoms with Crippen molar-refractivity contribution in [2.24, 2.45) is 5.73 Å². The van der Waals surface area contributed by atoms with Crippen LogP contribution in [0.2, 0.25) is 5.15 Å². The van der Waals surface area contributed by atoms with Gasteiger partial charge in [-0.25, -0.2) is 88.8 Å². The second-order valence-electron chi connectivity index (χ2n) is 36.0. The van der Waals surface area contributed by atoms with Crippen LogP contribution >= 0.6 is 24.0 Å². The Morgan fingerprint density at radius 1 is 0.490 bits per heavy atom. The zero-order valence-electron chi connectivity index (χ0n) is 81.6. The zero-order valence-corrected chi connectivity index (χ0v) is 85.2. The van der Waals surface area contributed by atoms with Gasteiger partial charge in [0, 0.05) is 145 Å². The van der Waals surface area contributed by atoms with E-state index in [0.29, 0.717) is 93.9 Å². The third-order valence-electron chi connectivity index (χ3n) is 22.1. The second-order valence-corrected chi connectivity index (χ2v) is 36.3. The molecule has 4 saturated heterocycles. The van der Waals surface area contributed by atoms with Gasteiger partial charge >= 0.3 is 78.4 Å². The Morgan fingerprint density at radius 2 is 0.821 bits per heavy atom. The van der Waals surface area contributed by atoms with E-state index in [1.54, 1.807) is 9.80 Å². The molecule has 6 N–H and O–H groups in total. The summed E-state index contributed by atoms with van der Waals surface area (Å²) in [6.07, 6.45) is 1.16. The maximum Gasteiger partial charge on any atom is 1.00 e. The zero-order chi connectivity index (χ0) is 105. The fourth-order valence-electron chi connectivity index (χ4n) is 15.3. The third kappa shape index (κ3) is 40.1. The number of carbonyl (C=O) groups is 6. The smallest absolute Gasteiger partial charge is 0.793 e. The van der Waals surface area contributed by atoms with Crippen LogP contribution in [0.3, 0.4) is 0 Å². The number of carbonyl (C=O) groups excluding carboxylic acids is 6. The van der Waals surface area contributed by atoms with Crippen molar-refractivity contribution in [3.05, 3.63) is 182 Å². The Hall–Kier alpha value is -12.4. The maximum absolute atomic E-state index is 12.8. The van der Waals surface area contributed by atoms with Gasteiger partial charge in [0.1, 0.15) is 65.4 Å². The van der Waals surface area contributed by atoms with Crippen molar-refractivity contribution in [3.63, 3.8) is 0 Å². The van der Waals surface area contributed by atoms with Crippen LogP contribution in [0, 0.1) is 36.5 Å². The number of piperidine rings is 4. The molecular weight excluding hydrogens is 1970 g/mol. The molecule has 771 valence electrons. The molecule has 0 saturated carbocycles. The van der Waals surface area contributed by atoms with Crippen LogP contribution < -0.4 is 56.6 Å². The van der Waals surface area contributed by atoms with E-state index in [4.69, 9.17) is 32.1 Å². The van der Waals surface area contributed by atoms with Crippen molar-refractivity contribution >= 4 is 142 Å². The third-order valence-corrected chi connectivity index (χ3v) is 22.4. The number of alkyl halides is 12. The number of hydrogen-bond acceptors (Lipinski definition) is 31. The first kappa shape index (κ1) is 120. The van der Waals surface area contributed by atoms with E-state index in [2.05, 4.69) is 140 Å². The van der Waals surface area contributed by atoms with Crippen molar-refractivity contribution in [1.82, 2.24) is 79.8 Å². The Kier molecular flexibility index (Phi) is 45.1. The average Bonchev–Trinajstić information content (AvgIpc) is 1.66. The monoisotopic (exact) mass is 2080 g/mol. The number of nitrogens with two attached hydrogens (primary N) is 1. The van der Waals surface area contributed by atoms with Crippen molar-refractivity contribution in [3.8, 4) is 12.1 Å². The van der Waals surface area contributed by atoms with E-state index in [9.17, 15) is 86.7 Å². The predicted molar refractivity (Wildman–Crippen MR) is 515 cm³/mol. The summed E-state index contributed by atoms with van der Waals surface area (Å²) >= 11 is 5.73. The molecule has 49 heteroatoms. The van der Waals surface area contributed by atoms with Crippen LogP contribution in [-0.2, 0) is 83.4 Å². The standard InChI is InChI=1S/C26H25F3N6.C19H24F3N5O2.C14H16F3N5.C12H9NO.C10H20N2O2.C9H5ClF3N3.C4H6O4.C2H3BO2.ClH.Na/c1-16-20(3-2-19-8-17(12-30)9-22(16)19)14-35-6-4-21(5-7-35)34-25-23-10-18(11-26(27,28)29)13-31-24(23)32-15-33-25;1-18(2,3)29-17(28)27-6-4-13(5-7-27)26-16-14-8-12(9-19(20,21)22)10-23-15(14)24-11-25-16;15-14(16,17)6-9-5-11-12(19-7-9)20-8-21-13(11)22-10-1-3-18-4-2-10;1-8-11(7-14)3-2-10-4-9(6-13)5-12(8)10;1-10(2,3)14-9(13)12-6-4-8(11)5-7-12;10-7-6-1-5(2-9(11,12)13)3-14-8(6)16-4-15-7;1-3(5)7-8-4(2)6;1-2(4)5-3;;/h2-3,9-10,13,15,21H,4-8,11,14H2,1H3,(H,31,32,33,34);8,10-11,13H,4-7,9H2,1-3H3,(H,23,24,25,26);5,7-8,10,18H,1-4,6H2,(H,19,20,21,22);2-3,5,7H,4H2,1H3;8H,4-7,11H2,1-3H3;1,3-4H,2H2;1-2H3;1H3;1H;/q;;;;;;;-1;;+1. The topological polar surface area (TPSA) is 435 Å². The SMILES string of the molecule is CC(=O)OOC(C)=O.CC(C)(C)OC(=O)N1CCC(N)CC1.CC(C)(C)OC(=O)N1CCC(Nc2ncnc3ncc(CC(F)(F)F)cc23)CC1.Cc1c(C=O)ccc2c1C=C(C#N)C2.Cc1c(CN2CCC(Nc3ncnc4ncc(CC(F)(F)F)cc34)CC2)ccc2c1C=C(C#N)C2.Cl.FC(F)(F)Cc1cnc2ncnc(Cl)c2c1.FC(F)(F)Cc1cnc2ncnc(NC3CCNCC3)c2c1.[B-]OC(C)=O.[Na+]. The molecule has 33 nitrogen and oxygen atoms in total. The number of halogens is 14. The molecule has 6 aliphatic rings. The number of pyridine rings is 4. The molecule has 2 aliphatic carbocycles. The summed E-state index contributed by atoms with van der Waals surface area (Å²) < 4.78 is 165. The Bertz CT molecular complexity index is 6250. The Balaban J connectivity index is 0.000000236. The van der Waals surface area contributed by atoms with E-state index in [0.717, 1.165) is 145 Å². The van der Waals surface area contributed by atoms with Crippen LogP contribution in [0.4, 0.5) is 79.7 Å². The van der Waals surface area contributed by atoms with Crippen molar-refractivity contribution in [2.75, 3.05) is 68.3 Å². The fraction of sp³-hybridized carbons (Fsp3) is 0.458. The van der Waals surface area contributed by atoms with Gasteiger partial charge in [0.15, 0.2) is 22.6 Å². The normalized spacial score (nSPS) is 15.0. The maximum atomic E-state index is 12.8. The Morgan fingerprint density at radius 3 is 1.17 bits per heavy atom. The van der Waals surface area contributed by atoms with Crippen LogP contribution in [0.15, 0.2) is 110 Å². The van der Waals surface area contributed by atoms with Gasteiger partial charge in [-0.1, -0.05) is 35.9 Å². The summed E-state index contributed by atoms with van der Waals surface area (Å²) in [6, 6.07) is 18.8. The number of nitrogens with zero attached hydrogens (tertiary/aromatic N) is 17. The summed E-state index contributed by atoms with van der Waals surface area (Å²) in [5.74, 6) is -0.222. The number of allylic oxidation sites excluding steroid dienone is 2. The van der Waals surface area contributed by atoms with E-state index >= 15 is 0 Å². The minimum absolute atomic E-state index is 0. The molecule has 0 unspecified atom stereocenters. The fourth-order valence-corrected chi connectivity index (χ4v) is 15.5. The first-order chi connectivity index (χ1) is 67.3. The minimum atomic E-state index is -4.31. The average molecular weight is 2080 g/mol. The Labute approximate surface area is 862 Å². The quantitative estimate of drug-likeness (QED) is 0.0179. The summed E-state index contributed by atoms with van der Waals surface area (Å²) in [5.41, 5.74) is 16.9. The number of ether oxygens (including phenoxy) is 2. The molecule has 0 bridgehead atoms. The number of nitriles is 2. The number of nitrogens with one attached hydrogen (secondary N) is 4. The number of hydrogen-bond donors (Lipinski definition) is 5. The molecule has 10 aromatic rings. The van der Waals surface area contributed by atoms with E-state index in [-0.39, 0.29) is 111 Å². The first-order valence-corrected chi connectivity index (χ1v) is 45.6. The molecule has 0 spiro atoms. The van der Waals surface area contributed by atoms with Gasteiger partial charge in [0.05, 0.1) is 59.4 Å². The van der Waals surface area contributed by atoms with Crippen LogP contribution in [0.25, 0.3) is 56.3 Å². The van der Waals surface area contributed by atoms with E-state index in [1.165, 1.54) is 97.3 Å². The molecule has 4 aliphatic heterocycles. The molecule has 2 aromatic carbocycles. The van der Waals surface area contributed by atoms with E-state index in [1.807, 2.05) is 72.8 Å². The number of fused-ring (bicyclic) bond motifs is 6. The molecule has 4 fully saturated rings. The molecule has 0 atom stereocenters. The van der Waals surface area contributed by atoms with Crippen molar-refractivity contribution in [1.29, 1.82) is 10.5 Å². The second kappa shape index (κ2) is 54.7. The molecule has 2 amide bonds. The number of likely N-dealkylation sites (tertiary alicyclic amines) is 3. The molecular formula is C96H109BCl2F12N22NaO11. The van der Waals surface area contributed by atoms with Gasteiger partial charge in [-0.2, -0.15) is 63.2 Å². The minimum Gasteiger partial charge on any atom is -0.793 e. The summed E-state index contributed by atoms with van der Waals surface area (Å²) in [7, 11) is 4.32. The van der Waals surface area contributed by atoms with Gasteiger partial charge in [-0.15, -0.1) is 12.4 Å². The molecule has 16 rings (SSSR count). The number of amides is 2. The number of anilines is 3. The van der Waals surface area contributed by atoms with Gasteiger partial charge in [-0.3, -0.25) is 14.5 Å². The van der Waals surface area contributed by atoms with Gasteiger partial charge in [0.25, 0.3) is 0 Å². The summed E-state index contributed by atoms with van der Waals surface area (Å²) in [4.78, 5) is 125. The van der Waals surface area contributed by atoms with Gasteiger partial charge in [0.2, 0.25) is 5.97 Å². The van der Waals surface area contributed by atoms with Gasteiger partial charge < -0.3 is 59.0 Å². The van der Waals surface area contributed by atoms with Crippen LogP contribution in [0.1, 0.15) is 185 Å². The molecule has 145 heavy (non-hydrogen) atoms. The largest absolute Gasteiger partial charge is 1.00 e. The summed E-state index contributed by atoms with van der Waals surface area (Å²) in [6.45, 7) is 25.6. The molecule has 8 aromatic heterocycles. The summed E-state index contributed by atoms with van der Waals surface area (Å²) in [5, 5.41) is 33.1. The number of aldehydes is 1.